The third-order valence-electron chi connectivity index (χ3n) is 6.41. The summed E-state index contributed by atoms with van der Waals surface area (Å²) >= 11 is 1.51. The van der Waals surface area contributed by atoms with Crippen molar-refractivity contribution in [2.75, 3.05) is 30.3 Å². The van der Waals surface area contributed by atoms with Crippen LogP contribution in [0.4, 0.5) is 5.69 Å². The number of hydrogen-bond acceptors (Lipinski definition) is 6. The highest BCUT2D eigenvalue weighted by molar-refractivity contribution is 7.98. The van der Waals surface area contributed by atoms with Crippen molar-refractivity contribution >= 4 is 39.3 Å². The Kier molecular flexibility index (Phi) is 11.7. The van der Waals surface area contributed by atoms with E-state index in [1.54, 1.807) is 43.3 Å². The maximum Gasteiger partial charge on any atom is 0.264 e. The number of hydrogen-bond donors (Lipinski definition) is 1. The first-order chi connectivity index (χ1) is 19.6. The van der Waals surface area contributed by atoms with E-state index in [1.807, 2.05) is 57.4 Å². The van der Waals surface area contributed by atoms with E-state index < -0.39 is 28.5 Å². The smallest absolute Gasteiger partial charge is 0.264 e. The Balaban J connectivity index is 2.00. The zero-order chi connectivity index (χ0) is 30.0. The first-order valence-corrected chi connectivity index (χ1v) is 16.2. The number of sulfonamides is 1. The van der Waals surface area contributed by atoms with Crippen LogP contribution in [0.25, 0.3) is 0 Å². The van der Waals surface area contributed by atoms with Gasteiger partial charge in [0.1, 0.15) is 18.3 Å². The van der Waals surface area contributed by atoms with Crippen LogP contribution in [0.5, 0.6) is 5.75 Å². The summed E-state index contributed by atoms with van der Waals surface area (Å²) in [5.74, 6) is 0.0259. The molecule has 10 heteroatoms. The molecule has 0 unspecified atom stereocenters. The van der Waals surface area contributed by atoms with Crippen LogP contribution < -0.4 is 14.4 Å². The maximum absolute atomic E-state index is 14.0. The van der Waals surface area contributed by atoms with Gasteiger partial charge in [0.2, 0.25) is 11.8 Å². The zero-order valence-electron chi connectivity index (χ0n) is 24.2. The highest BCUT2D eigenvalue weighted by Crippen LogP contribution is 2.28. The van der Waals surface area contributed by atoms with Gasteiger partial charge in [-0.2, -0.15) is 0 Å². The maximum atomic E-state index is 14.0. The lowest BCUT2D eigenvalue weighted by Gasteiger charge is -2.32. The number of nitrogens with one attached hydrogen (secondary N) is 1. The molecule has 0 spiro atoms. The van der Waals surface area contributed by atoms with E-state index in [0.29, 0.717) is 24.6 Å². The molecule has 8 nitrogen and oxygen atoms in total. The van der Waals surface area contributed by atoms with Crippen LogP contribution in [0.3, 0.4) is 0 Å². The summed E-state index contributed by atoms with van der Waals surface area (Å²) in [6.07, 6.45) is 1.91. The molecule has 3 aromatic carbocycles. The minimum Gasteiger partial charge on any atom is -0.494 e. The molecule has 3 aromatic rings. The quantitative estimate of drug-likeness (QED) is 0.257. The van der Waals surface area contributed by atoms with Crippen LogP contribution in [-0.4, -0.2) is 57.1 Å². The van der Waals surface area contributed by atoms with Gasteiger partial charge in [-0.1, -0.05) is 44.2 Å². The van der Waals surface area contributed by atoms with E-state index in [-0.39, 0.29) is 23.3 Å². The number of thioether (sulfide) groups is 1. The topological polar surface area (TPSA) is 96.0 Å². The first-order valence-electron chi connectivity index (χ1n) is 13.6. The molecule has 220 valence electrons. The van der Waals surface area contributed by atoms with Crippen LogP contribution >= 0.6 is 11.8 Å². The second-order valence-electron chi connectivity index (χ2n) is 9.94. The van der Waals surface area contributed by atoms with Crippen LogP contribution in [0.2, 0.25) is 0 Å². The van der Waals surface area contributed by atoms with Gasteiger partial charge in [0.25, 0.3) is 10.0 Å². The first kappa shape index (κ1) is 32.0. The standard InChI is InChI=1S/C31H39N3O5S2/c1-6-39-27-14-12-26(13-15-27)34(41(37,38)29-18-16-28(40-5)17-19-29)22-30(35)33(21-25-10-8-7-9-11-25)24(4)31(36)32-20-23(2)3/h7-19,23-24H,6,20-22H2,1-5H3,(H,32,36)/t24-/m1/s1. The average molecular weight is 598 g/mol. The molecule has 0 fully saturated rings. The van der Waals surface area contributed by atoms with Crippen LogP contribution in [0.1, 0.15) is 33.3 Å². The number of carbonyl (C=O) groups is 2. The van der Waals surface area contributed by atoms with Gasteiger partial charge in [-0.05, 0) is 80.1 Å². The molecule has 0 aliphatic carbocycles. The Morgan fingerprint density at radius 1 is 0.927 bits per heavy atom. The zero-order valence-corrected chi connectivity index (χ0v) is 25.9. The minimum absolute atomic E-state index is 0.0642. The van der Waals surface area contributed by atoms with Gasteiger partial charge < -0.3 is 15.0 Å². The number of amides is 2. The third kappa shape index (κ3) is 8.74. The van der Waals surface area contributed by atoms with Crippen LogP contribution in [0.15, 0.2) is 88.7 Å². The number of rotatable bonds is 14. The van der Waals surface area contributed by atoms with Crippen molar-refractivity contribution in [3.63, 3.8) is 0 Å². The van der Waals surface area contributed by atoms with E-state index in [9.17, 15) is 18.0 Å². The average Bonchev–Trinajstić information content (AvgIpc) is 2.98. The van der Waals surface area contributed by atoms with Crippen molar-refractivity contribution in [1.82, 2.24) is 10.2 Å². The lowest BCUT2D eigenvalue weighted by atomic mass is 10.1. The molecule has 0 aromatic heterocycles. The third-order valence-corrected chi connectivity index (χ3v) is 8.94. The number of nitrogens with zero attached hydrogens (tertiary/aromatic N) is 2. The monoisotopic (exact) mass is 597 g/mol. The SMILES string of the molecule is CCOc1ccc(N(CC(=O)N(Cc2ccccc2)[C@H](C)C(=O)NCC(C)C)S(=O)(=O)c2ccc(SC)cc2)cc1. The molecule has 0 radical (unpaired) electrons. The molecule has 3 rings (SSSR count). The molecule has 1 N–H and O–H groups in total. The van der Waals surface area contributed by atoms with E-state index in [0.717, 1.165) is 14.8 Å². The molecule has 0 saturated carbocycles. The fourth-order valence-corrected chi connectivity index (χ4v) is 5.92. The fourth-order valence-electron chi connectivity index (χ4n) is 4.09. The van der Waals surface area contributed by atoms with Crippen molar-refractivity contribution in [2.45, 2.75) is 50.1 Å². The van der Waals surface area contributed by atoms with E-state index >= 15 is 0 Å². The largest absolute Gasteiger partial charge is 0.494 e. The summed E-state index contributed by atoms with van der Waals surface area (Å²) in [7, 11) is -4.14. The number of carbonyl (C=O) groups excluding carboxylic acids is 2. The fraction of sp³-hybridized carbons (Fsp3) is 0.355. The molecule has 1 atom stereocenters. The highest BCUT2D eigenvalue weighted by Gasteiger charge is 2.32. The minimum atomic E-state index is -4.14. The Morgan fingerprint density at radius 2 is 1.56 bits per heavy atom. The molecular formula is C31H39N3O5S2. The number of benzene rings is 3. The summed E-state index contributed by atoms with van der Waals surface area (Å²) in [5.41, 5.74) is 1.14. The summed E-state index contributed by atoms with van der Waals surface area (Å²) in [4.78, 5) is 29.5. The second-order valence-corrected chi connectivity index (χ2v) is 12.7. The Labute approximate surface area is 248 Å². The predicted molar refractivity (Wildman–Crippen MR) is 165 cm³/mol. The van der Waals surface area contributed by atoms with E-state index in [4.69, 9.17) is 4.74 Å². The lowest BCUT2D eigenvalue weighted by molar-refractivity contribution is -0.139. The molecule has 0 aliphatic rings. The van der Waals surface area contributed by atoms with Gasteiger partial charge in [0.05, 0.1) is 17.2 Å². The number of anilines is 1. The summed E-state index contributed by atoms with van der Waals surface area (Å²) in [6, 6.07) is 21.6. The number of ether oxygens (including phenoxy) is 1. The molecular weight excluding hydrogens is 558 g/mol. The molecule has 0 saturated heterocycles. The van der Waals surface area contributed by atoms with Crippen molar-refractivity contribution in [1.29, 1.82) is 0 Å². The summed E-state index contributed by atoms with van der Waals surface area (Å²) in [5, 5.41) is 2.89. The normalized spacial score (nSPS) is 12.0. The Morgan fingerprint density at radius 3 is 2.12 bits per heavy atom. The highest BCUT2D eigenvalue weighted by atomic mass is 32.2. The van der Waals surface area contributed by atoms with Crippen LogP contribution in [0, 0.1) is 5.92 Å². The van der Waals surface area contributed by atoms with Crippen molar-refractivity contribution < 1.29 is 22.7 Å². The van der Waals surface area contributed by atoms with Gasteiger partial charge in [0, 0.05) is 18.0 Å². The molecule has 2 amide bonds. The van der Waals surface area contributed by atoms with Gasteiger partial charge >= 0.3 is 0 Å². The molecule has 41 heavy (non-hydrogen) atoms. The molecule has 0 heterocycles. The van der Waals surface area contributed by atoms with Crippen molar-refractivity contribution in [3.8, 4) is 5.75 Å². The van der Waals surface area contributed by atoms with E-state index in [1.165, 1.54) is 28.8 Å². The second kappa shape index (κ2) is 14.9. The van der Waals surface area contributed by atoms with Gasteiger partial charge in [-0.15, -0.1) is 11.8 Å². The molecule has 0 aliphatic heterocycles. The van der Waals surface area contributed by atoms with Gasteiger partial charge in [-0.3, -0.25) is 13.9 Å². The van der Waals surface area contributed by atoms with Crippen molar-refractivity contribution in [2.24, 2.45) is 5.92 Å². The Hall–Kier alpha value is -3.50. The summed E-state index contributed by atoms with van der Waals surface area (Å²) < 4.78 is 34.6. The van der Waals surface area contributed by atoms with E-state index in [2.05, 4.69) is 5.32 Å². The van der Waals surface area contributed by atoms with Crippen molar-refractivity contribution in [3.05, 3.63) is 84.4 Å². The predicted octanol–water partition coefficient (Wildman–Crippen LogP) is 5.19. The van der Waals surface area contributed by atoms with Crippen LogP contribution in [-0.2, 0) is 26.2 Å². The van der Waals surface area contributed by atoms with Gasteiger partial charge in [0.15, 0.2) is 0 Å². The Bertz CT molecular complexity index is 1380. The summed E-state index contributed by atoms with van der Waals surface area (Å²) in [6.45, 7) is 8.09. The lowest BCUT2D eigenvalue weighted by Crippen LogP contribution is -2.51. The van der Waals surface area contributed by atoms with Gasteiger partial charge in [-0.25, -0.2) is 8.42 Å². The molecule has 0 bridgehead atoms.